The van der Waals surface area contributed by atoms with Gasteiger partial charge in [-0.2, -0.15) is 0 Å². The Morgan fingerprint density at radius 2 is 2.23 bits per heavy atom. The zero-order chi connectivity index (χ0) is 9.84. The lowest BCUT2D eigenvalue weighted by molar-refractivity contribution is 0.101. The Kier molecular flexibility index (Phi) is 2.87. The highest BCUT2D eigenvalue weighted by Gasteiger charge is 2.08. The number of hydrogen-bond acceptors (Lipinski definition) is 4. The van der Waals surface area contributed by atoms with Crippen molar-refractivity contribution in [2.75, 3.05) is 12.5 Å². The monoisotopic (exact) mass is 180 g/mol. The molecule has 0 bridgehead atoms. The molecule has 4 N–H and O–H groups in total. The molecule has 0 aliphatic rings. The summed E-state index contributed by atoms with van der Waals surface area (Å²) in [5.74, 6) is 0.371. The topological polar surface area (TPSA) is 78.3 Å². The van der Waals surface area contributed by atoms with Gasteiger partial charge in [-0.05, 0) is 19.1 Å². The smallest absolute Gasteiger partial charge is 0.162 e. The van der Waals surface area contributed by atoms with Gasteiger partial charge in [0, 0.05) is 5.56 Å². The van der Waals surface area contributed by atoms with Gasteiger partial charge < -0.3 is 10.5 Å². The number of carbonyl (C=O) groups is 1. The van der Waals surface area contributed by atoms with Crippen molar-refractivity contribution in [1.29, 1.82) is 0 Å². The van der Waals surface area contributed by atoms with E-state index in [0.29, 0.717) is 17.0 Å². The van der Waals surface area contributed by atoms with Gasteiger partial charge in [-0.3, -0.25) is 10.5 Å². The Morgan fingerprint density at radius 3 is 2.77 bits per heavy atom. The number of hydrogen-bond donors (Lipinski definition) is 2. The first kappa shape index (κ1) is 9.54. The first-order valence-electron chi connectivity index (χ1n) is 3.89. The van der Waals surface area contributed by atoms with Gasteiger partial charge in [0.05, 0.1) is 5.69 Å². The molecule has 1 rings (SSSR count). The minimum atomic E-state index is -0.0834. The molecule has 0 heterocycles. The van der Waals surface area contributed by atoms with E-state index in [1.54, 1.807) is 18.2 Å². The van der Waals surface area contributed by atoms with E-state index in [0.717, 1.165) is 0 Å². The lowest BCUT2D eigenvalue weighted by atomic mass is 10.1. The van der Waals surface area contributed by atoms with Crippen molar-refractivity contribution in [3.63, 3.8) is 0 Å². The Labute approximate surface area is 76.5 Å². The van der Waals surface area contributed by atoms with Gasteiger partial charge in [0.25, 0.3) is 0 Å². The first-order chi connectivity index (χ1) is 6.16. The molecule has 0 atom stereocenters. The third-order valence-electron chi connectivity index (χ3n) is 1.68. The van der Waals surface area contributed by atoms with Crippen LogP contribution in [-0.4, -0.2) is 12.5 Å². The number of ether oxygens (including phenoxy) is 1. The minimum Gasteiger partial charge on any atom is -0.476 e. The van der Waals surface area contributed by atoms with Crippen LogP contribution in [0.3, 0.4) is 0 Å². The van der Waals surface area contributed by atoms with Crippen molar-refractivity contribution in [1.82, 2.24) is 0 Å². The van der Waals surface area contributed by atoms with E-state index < -0.39 is 0 Å². The minimum absolute atomic E-state index is 0.0472. The van der Waals surface area contributed by atoms with E-state index in [4.69, 9.17) is 16.2 Å². The third-order valence-corrected chi connectivity index (χ3v) is 1.68. The van der Waals surface area contributed by atoms with Crippen LogP contribution in [0.15, 0.2) is 18.2 Å². The van der Waals surface area contributed by atoms with Crippen LogP contribution in [0.4, 0.5) is 5.69 Å². The fraction of sp³-hybridized carbons (Fsp3) is 0.222. The average molecular weight is 180 g/mol. The maximum absolute atomic E-state index is 11.1. The summed E-state index contributed by atoms with van der Waals surface area (Å²) in [6.07, 6.45) is 0. The molecule has 0 aromatic heterocycles. The maximum atomic E-state index is 11.1. The number of carbonyl (C=O) groups excluding carboxylic acids is 1. The molecule has 0 unspecified atom stereocenters. The predicted molar refractivity (Wildman–Crippen MR) is 50.5 cm³/mol. The van der Waals surface area contributed by atoms with Crippen molar-refractivity contribution in [2.45, 2.75) is 6.92 Å². The van der Waals surface area contributed by atoms with Gasteiger partial charge in [0.15, 0.2) is 5.78 Å². The van der Waals surface area contributed by atoms with Gasteiger partial charge in [-0.25, -0.2) is 0 Å². The number of rotatable bonds is 3. The molecule has 0 saturated heterocycles. The molecule has 0 radical (unpaired) electrons. The predicted octanol–water partition coefficient (Wildman–Crippen LogP) is 0.766. The second-order valence-electron chi connectivity index (χ2n) is 2.58. The van der Waals surface area contributed by atoms with Gasteiger partial charge in [-0.1, -0.05) is 6.07 Å². The largest absolute Gasteiger partial charge is 0.476 e. The molecular weight excluding hydrogens is 168 g/mol. The Bertz CT molecular complexity index is 323. The van der Waals surface area contributed by atoms with Crippen molar-refractivity contribution in [3.05, 3.63) is 23.8 Å². The number of nitrogens with two attached hydrogens (primary N) is 2. The number of benzene rings is 1. The number of ketones is 1. The summed E-state index contributed by atoms with van der Waals surface area (Å²) in [4.78, 5) is 11.1. The van der Waals surface area contributed by atoms with Crippen LogP contribution in [0.5, 0.6) is 5.75 Å². The van der Waals surface area contributed by atoms with E-state index in [-0.39, 0.29) is 12.5 Å². The highest BCUT2D eigenvalue weighted by molar-refractivity contribution is 6.00. The molecule has 70 valence electrons. The van der Waals surface area contributed by atoms with Crippen molar-refractivity contribution >= 4 is 11.5 Å². The van der Waals surface area contributed by atoms with E-state index in [1.807, 2.05) is 0 Å². The molecule has 1 aromatic rings. The fourth-order valence-corrected chi connectivity index (χ4v) is 1.07. The van der Waals surface area contributed by atoms with Crippen LogP contribution in [0.1, 0.15) is 17.3 Å². The highest BCUT2D eigenvalue weighted by atomic mass is 16.5. The van der Waals surface area contributed by atoms with Crippen LogP contribution < -0.4 is 16.2 Å². The standard InChI is InChI=1S/C9H12N2O2/c1-6(12)7-3-2-4-8(9(7)11)13-5-10/h2-4H,5,10-11H2,1H3. The average Bonchev–Trinajstić information content (AvgIpc) is 2.08. The summed E-state index contributed by atoms with van der Waals surface area (Å²) in [6, 6.07) is 5.04. The summed E-state index contributed by atoms with van der Waals surface area (Å²) in [5.41, 5.74) is 11.7. The van der Waals surface area contributed by atoms with Crippen molar-refractivity contribution in [3.8, 4) is 5.75 Å². The SMILES string of the molecule is CC(=O)c1cccc(OCN)c1N. The van der Waals surface area contributed by atoms with E-state index in [1.165, 1.54) is 6.92 Å². The molecule has 0 aliphatic carbocycles. The van der Waals surface area contributed by atoms with Crippen LogP contribution in [0, 0.1) is 0 Å². The number of anilines is 1. The fourth-order valence-electron chi connectivity index (χ4n) is 1.07. The number of nitrogen functional groups attached to an aromatic ring is 1. The summed E-state index contributed by atoms with van der Waals surface area (Å²) >= 11 is 0. The summed E-state index contributed by atoms with van der Waals surface area (Å²) < 4.78 is 5.03. The number of para-hydroxylation sites is 1. The zero-order valence-electron chi connectivity index (χ0n) is 7.41. The van der Waals surface area contributed by atoms with Crippen LogP contribution in [-0.2, 0) is 0 Å². The molecule has 13 heavy (non-hydrogen) atoms. The molecule has 4 heteroatoms. The maximum Gasteiger partial charge on any atom is 0.162 e. The zero-order valence-corrected chi connectivity index (χ0v) is 7.41. The Hall–Kier alpha value is -1.55. The van der Waals surface area contributed by atoms with Gasteiger partial charge in [0.2, 0.25) is 0 Å². The Balaban J connectivity index is 3.10. The second-order valence-corrected chi connectivity index (χ2v) is 2.58. The summed E-state index contributed by atoms with van der Waals surface area (Å²) in [6.45, 7) is 1.50. The lowest BCUT2D eigenvalue weighted by Crippen LogP contribution is -2.10. The van der Waals surface area contributed by atoms with Crippen LogP contribution in [0.2, 0.25) is 0 Å². The summed E-state index contributed by atoms with van der Waals surface area (Å²) in [5, 5.41) is 0. The van der Waals surface area contributed by atoms with E-state index in [9.17, 15) is 4.79 Å². The van der Waals surface area contributed by atoms with Crippen molar-refractivity contribution < 1.29 is 9.53 Å². The molecule has 0 fully saturated rings. The first-order valence-corrected chi connectivity index (χ1v) is 3.89. The van der Waals surface area contributed by atoms with Gasteiger partial charge in [0.1, 0.15) is 12.5 Å². The normalized spacial score (nSPS) is 9.69. The lowest BCUT2D eigenvalue weighted by Gasteiger charge is -2.08. The van der Waals surface area contributed by atoms with E-state index in [2.05, 4.69) is 0 Å². The van der Waals surface area contributed by atoms with Crippen molar-refractivity contribution in [2.24, 2.45) is 5.73 Å². The molecule has 1 aromatic carbocycles. The molecule has 0 spiro atoms. The van der Waals surface area contributed by atoms with E-state index >= 15 is 0 Å². The van der Waals surface area contributed by atoms with Crippen LogP contribution >= 0.6 is 0 Å². The van der Waals surface area contributed by atoms with Gasteiger partial charge in [-0.15, -0.1) is 0 Å². The Morgan fingerprint density at radius 1 is 1.54 bits per heavy atom. The quantitative estimate of drug-likeness (QED) is 0.409. The molecule has 0 saturated carbocycles. The number of Topliss-reactive ketones (excluding diaryl/α,β-unsaturated/α-hetero) is 1. The molecule has 0 amide bonds. The molecular formula is C9H12N2O2. The van der Waals surface area contributed by atoms with Crippen LogP contribution in [0.25, 0.3) is 0 Å². The highest BCUT2D eigenvalue weighted by Crippen LogP contribution is 2.24. The second kappa shape index (κ2) is 3.91. The summed E-state index contributed by atoms with van der Waals surface area (Å²) in [7, 11) is 0. The van der Waals surface area contributed by atoms with Gasteiger partial charge >= 0.3 is 0 Å². The molecule has 4 nitrogen and oxygen atoms in total. The molecule has 0 aliphatic heterocycles. The third kappa shape index (κ3) is 1.97.